The van der Waals surface area contributed by atoms with Crippen molar-refractivity contribution in [1.29, 1.82) is 0 Å². The summed E-state index contributed by atoms with van der Waals surface area (Å²) in [5, 5.41) is 0. The Morgan fingerprint density at radius 2 is 1.76 bits per heavy atom. The molecule has 0 amide bonds. The highest BCUT2D eigenvalue weighted by Crippen LogP contribution is 2.25. The molecule has 0 aromatic heterocycles. The van der Waals surface area contributed by atoms with Gasteiger partial charge in [0.1, 0.15) is 11.5 Å². The van der Waals surface area contributed by atoms with E-state index in [4.69, 9.17) is 9.47 Å². The summed E-state index contributed by atoms with van der Waals surface area (Å²) in [7, 11) is 0. The van der Waals surface area contributed by atoms with Crippen LogP contribution in [0.5, 0.6) is 11.5 Å². The zero-order chi connectivity index (χ0) is 12.8. The molecular formula is C13H16O4. The van der Waals surface area contributed by atoms with Crippen LogP contribution in [-0.4, -0.2) is 11.9 Å². The van der Waals surface area contributed by atoms with Crippen LogP contribution in [0.25, 0.3) is 0 Å². The molecule has 92 valence electrons. The van der Waals surface area contributed by atoms with E-state index in [0.717, 1.165) is 18.4 Å². The number of benzene rings is 1. The molecule has 0 saturated carbocycles. The van der Waals surface area contributed by atoms with E-state index in [1.807, 2.05) is 6.92 Å². The molecular weight excluding hydrogens is 220 g/mol. The van der Waals surface area contributed by atoms with Gasteiger partial charge in [0, 0.05) is 13.8 Å². The summed E-state index contributed by atoms with van der Waals surface area (Å²) in [6, 6.07) is 4.98. The maximum atomic E-state index is 10.9. The van der Waals surface area contributed by atoms with Crippen molar-refractivity contribution in [2.24, 2.45) is 0 Å². The first-order valence-electron chi connectivity index (χ1n) is 5.52. The molecule has 0 aliphatic carbocycles. The van der Waals surface area contributed by atoms with E-state index < -0.39 is 0 Å². The van der Waals surface area contributed by atoms with Crippen LogP contribution in [0.15, 0.2) is 18.2 Å². The number of hydrogen-bond acceptors (Lipinski definition) is 4. The Kier molecular flexibility index (Phi) is 4.69. The fourth-order valence-corrected chi connectivity index (χ4v) is 1.50. The van der Waals surface area contributed by atoms with Crippen molar-refractivity contribution in [3.8, 4) is 11.5 Å². The lowest BCUT2D eigenvalue weighted by Crippen LogP contribution is -2.06. The molecule has 0 aliphatic heterocycles. The number of ether oxygens (including phenoxy) is 2. The van der Waals surface area contributed by atoms with Crippen LogP contribution in [0, 0.1) is 0 Å². The number of esters is 2. The third-order valence-corrected chi connectivity index (χ3v) is 2.07. The maximum absolute atomic E-state index is 10.9. The predicted molar refractivity (Wildman–Crippen MR) is 63.1 cm³/mol. The minimum atomic E-state index is -0.368. The van der Waals surface area contributed by atoms with Crippen molar-refractivity contribution in [3.63, 3.8) is 0 Å². The minimum absolute atomic E-state index is 0.359. The fraction of sp³-hybridized carbons (Fsp3) is 0.385. The first-order valence-corrected chi connectivity index (χ1v) is 5.52. The summed E-state index contributed by atoms with van der Waals surface area (Å²) >= 11 is 0. The van der Waals surface area contributed by atoms with Gasteiger partial charge in [-0.25, -0.2) is 0 Å². The van der Waals surface area contributed by atoms with Crippen LogP contribution in [0.4, 0.5) is 0 Å². The molecule has 1 aromatic rings. The summed E-state index contributed by atoms with van der Waals surface area (Å²) in [6.45, 7) is 4.73. The van der Waals surface area contributed by atoms with Gasteiger partial charge in [-0.05, 0) is 30.2 Å². The molecule has 4 heteroatoms. The van der Waals surface area contributed by atoms with Gasteiger partial charge in [-0.15, -0.1) is 0 Å². The molecule has 0 fully saturated rings. The lowest BCUT2D eigenvalue weighted by molar-refractivity contribution is -0.133. The van der Waals surface area contributed by atoms with E-state index in [0.29, 0.717) is 11.5 Å². The summed E-state index contributed by atoms with van der Waals surface area (Å²) in [5.41, 5.74) is 0.862. The second kappa shape index (κ2) is 6.03. The summed E-state index contributed by atoms with van der Waals surface area (Å²) in [6.07, 6.45) is 1.68. The van der Waals surface area contributed by atoms with Gasteiger partial charge in [0.15, 0.2) is 0 Å². The first kappa shape index (κ1) is 13.2. The molecule has 0 spiro atoms. The van der Waals surface area contributed by atoms with Gasteiger partial charge in [-0.2, -0.15) is 0 Å². The normalized spacial score (nSPS) is 9.82. The molecule has 0 saturated heterocycles. The molecule has 4 nitrogen and oxygen atoms in total. The van der Waals surface area contributed by atoms with Crippen LogP contribution in [-0.2, 0) is 16.0 Å². The Morgan fingerprint density at radius 1 is 1.12 bits per heavy atom. The SMILES string of the molecule is CCCc1cc(OC(C)=O)ccc1OC(C)=O. The molecule has 0 bridgehead atoms. The van der Waals surface area contributed by atoms with Gasteiger partial charge in [-0.1, -0.05) is 13.3 Å². The third-order valence-electron chi connectivity index (χ3n) is 2.07. The largest absolute Gasteiger partial charge is 0.427 e. The zero-order valence-corrected chi connectivity index (χ0v) is 10.3. The van der Waals surface area contributed by atoms with Crippen LogP contribution in [0.2, 0.25) is 0 Å². The molecule has 0 heterocycles. The Morgan fingerprint density at radius 3 is 2.29 bits per heavy atom. The second-order valence-corrected chi connectivity index (χ2v) is 3.71. The monoisotopic (exact) mass is 236 g/mol. The van der Waals surface area contributed by atoms with Gasteiger partial charge >= 0.3 is 11.9 Å². The van der Waals surface area contributed by atoms with E-state index in [-0.39, 0.29) is 11.9 Å². The lowest BCUT2D eigenvalue weighted by atomic mass is 10.1. The topological polar surface area (TPSA) is 52.6 Å². The molecule has 0 N–H and O–H groups in total. The van der Waals surface area contributed by atoms with Crippen molar-refractivity contribution in [2.45, 2.75) is 33.6 Å². The van der Waals surface area contributed by atoms with Crippen LogP contribution >= 0.6 is 0 Å². The van der Waals surface area contributed by atoms with Crippen molar-refractivity contribution < 1.29 is 19.1 Å². The quantitative estimate of drug-likeness (QED) is 0.595. The number of carbonyl (C=O) groups excluding carboxylic acids is 2. The zero-order valence-electron chi connectivity index (χ0n) is 10.3. The highest BCUT2D eigenvalue weighted by atomic mass is 16.5. The van der Waals surface area contributed by atoms with E-state index in [9.17, 15) is 9.59 Å². The summed E-state index contributed by atoms with van der Waals surface area (Å²) < 4.78 is 10.1. The highest BCUT2D eigenvalue weighted by molar-refractivity contribution is 5.71. The standard InChI is InChI=1S/C13H16O4/c1-4-5-11-8-12(16-9(2)14)6-7-13(11)17-10(3)15/h6-8H,4-5H2,1-3H3. The van der Waals surface area contributed by atoms with Gasteiger partial charge in [-0.3, -0.25) is 9.59 Å². The molecule has 0 unspecified atom stereocenters. The first-order chi connectivity index (χ1) is 8.02. The van der Waals surface area contributed by atoms with Crippen LogP contribution in [0.1, 0.15) is 32.8 Å². The van der Waals surface area contributed by atoms with Gasteiger partial charge < -0.3 is 9.47 Å². The smallest absolute Gasteiger partial charge is 0.308 e. The highest BCUT2D eigenvalue weighted by Gasteiger charge is 2.08. The van der Waals surface area contributed by atoms with Crippen molar-refractivity contribution in [2.75, 3.05) is 0 Å². The van der Waals surface area contributed by atoms with Crippen LogP contribution in [0.3, 0.4) is 0 Å². The minimum Gasteiger partial charge on any atom is -0.427 e. The molecule has 1 rings (SSSR count). The number of aryl methyl sites for hydroxylation is 1. The predicted octanol–water partition coefficient (Wildman–Crippen LogP) is 2.49. The fourth-order valence-electron chi connectivity index (χ4n) is 1.50. The molecule has 0 aliphatic rings. The summed E-state index contributed by atoms with van der Waals surface area (Å²) in [5.74, 6) is 0.266. The Bertz CT molecular complexity index is 423. The van der Waals surface area contributed by atoms with E-state index in [2.05, 4.69) is 0 Å². The van der Waals surface area contributed by atoms with Crippen LogP contribution < -0.4 is 9.47 Å². The van der Waals surface area contributed by atoms with Crippen molar-refractivity contribution in [1.82, 2.24) is 0 Å². The van der Waals surface area contributed by atoms with E-state index in [1.54, 1.807) is 18.2 Å². The van der Waals surface area contributed by atoms with E-state index in [1.165, 1.54) is 13.8 Å². The maximum Gasteiger partial charge on any atom is 0.308 e. The van der Waals surface area contributed by atoms with Gasteiger partial charge in [0.05, 0.1) is 0 Å². The van der Waals surface area contributed by atoms with Crippen molar-refractivity contribution >= 4 is 11.9 Å². The lowest BCUT2D eigenvalue weighted by Gasteiger charge is -2.10. The van der Waals surface area contributed by atoms with E-state index >= 15 is 0 Å². The van der Waals surface area contributed by atoms with Gasteiger partial charge in [0.25, 0.3) is 0 Å². The summed E-state index contributed by atoms with van der Waals surface area (Å²) in [4.78, 5) is 21.8. The van der Waals surface area contributed by atoms with Crippen molar-refractivity contribution in [3.05, 3.63) is 23.8 Å². The second-order valence-electron chi connectivity index (χ2n) is 3.71. The Hall–Kier alpha value is -1.84. The average Bonchev–Trinajstić information content (AvgIpc) is 2.21. The molecule has 0 radical (unpaired) electrons. The molecule has 0 atom stereocenters. The molecule has 1 aromatic carbocycles. The Labute approximate surface area is 101 Å². The van der Waals surface area contributed by atoms with Gasteiger partial charge in [0.2, 0.25) is 0 Å². The average molecular weight is 236 g/mol. The third kappa shape index (κ3) is 4.26. The number of carbonyl (C=O) groups is 2. The molecule has 17 heavy (non-hydrogen) atoms. The number of hydrogen-bond donors (Lipinski definition) is 0. The number of rotatable bonds is 4. The Balaban J connectivity index is 2.98.